The highest BCUT2D eigenvalue weighted by Crippen LogP contribution is 2.27. The molecule has 0 amide bonds. The minimum absolute atomic E-state index is 0.0639. The second-order valence-corrected chi connectivity index (χ2v) is 3.17. The fraction of sp³-hybridized carbons (Fsp3) is 0.857. The number of hydrogen-bond acceptors (Lipinski definition) is 2. The number of rotatable bonds is 1. The quantitative estimate of drug-likeness (QED) is 0.492. The van der Waals surface area contributed by atoms with Crippen LogP contribution in [0.4, 0.5) is 0 Å². The molecule has 0 aromatic carbocycles. The van der Waals surface area contributed by atoms with Crippen LogP contribution in [-0.4, -0.2) is 18.5 Å². The molecule has 2 heteroatoms. The van der Waals surface area contributed by atoms with Gasteiger partial charge in [0, 0.05) is 5.92 Å². The van der Waals surface area contributed by atoms with E-state index in [1.165, 1.54) is 0 Å². The monoisotopic (exact) mass is 128 g/mol. The van der Waals surface area contributed by atoms with Crippen molar-refractivity contribution in [2.75, 3.05) is 6.61 Å². The van der Waals surface area contributed by atoms with Crippen LogP contribution >= 0.6 is 0 Å². The first kappa shape index (κ1) is 6.75. The molecule has 1 aliphatic rings. The molecule has 0 aromatic heterocycles. The first-order valence-corrected chi connectivity index (χ1v) is 3.23. The second kappa shape index (κ2) is 2.10. The highest BCUT2D eigenvalue weighted by atomic mass is 16.5. The van der Waals surface area contributed by atoms with Crippen LogP contribution in [0.5, 0.6) is 0 Å². The second-order valence-electron chi connectivity index (χ2n) is 3.17. The van der Waals surface area contributed by atoms with Crippen molar-refractivity contribution in [1.29, 1.82) is 0 Å². The van der Waals surface area contributed by atoms with Crippen molar-refractivity contribution in [3.05, 3.63) is 0 Å². The molecule has 0 spiro atoms. The van der Waals surface area contributed by atoms with Crippen LogP contribution in [0.2, 0.25) is 0 Å². The van der Waals surface area contributed by atoms with Gasteiger partial charge in [-0.1, -0.05) is 0 Å². The summed E-state index contributed by atoms with van der Waals surface area (Å²) in [4.78, 5) is 10.2. The summed E-state index contributed by atoms with van der Waals surface area (Å²) in [6.07, 6.45) is 1.85. The molecule has 0 radical (unpaired) electrons. The molecule has 1 heterocycles. The predicted molar refractivity (Wildman–Crippen MR) is 34.2 cm³/mol. The van der Waals surface area contributed by atoms with Gasteiger partial charge in [-0.3, -0.25) is 0 Å². The minimum atomic E-state index is -0.0639. The summed E-state index contributed by atoms with van der Waals surface area (Å²) in [6, 6.07) is 0. The van der Waals surface area contributed by atoms with Crippen LogP contribution in [0.25, 0.3) is 0 Å². The molecule has 1 saturated heterocycles. The average molecular weight is 128 g/mol. The van der Waals surface area contributed by atoms with Crippen molar-refractivity contribution < 1.29 is 9.53 Å². The Morgan fingerprint density at radius 1 is 1.67 bits per heavy atom. The summed E-state index contributed by atoms with van der Waals surface area (Å²) in [5.74, 6) is 0.139. The summed E-state index contributed by atoms with van der Waals surface area (Å²) >= 11 is 0. The average Bonchev–Trinajstić information content (AvgIpc) is 2.10. The Kier molecular flexibility index (Phi) is 1.58. The van der Waals surface area contributed by atoms with Crippen LogP contribution in [0, 0.1) is 5.92 Å². The Morgan fingerprint density at radius 2 is 2.33 bits per heavy atom. The fourth-order valence-electron chi connectivity index (χ4n) is 1.17. The molecule has 9 heavy (non-hydrogen) atoms. The van der Waals surface area contributed by atoms with Gasteiger partial charge in [0.15, 0.2) is 0 Å². The van der Waals surface area contributed by atoms with E-state index in [-0.39, 0.29) is 11.5 Å². The lowest BCUT2D eigenvalue weighted by atomic mass is 9.99. The van der Waals surface area contributed by atoms with E-state index < -0.39 is 0 Å². The minimum Gasteiger partial charge on any atom is -0.375 e. The van der Waals surface area contributed by atoms with Gasteiger partial charge in [0.05, 0.1) is 12.2 Å². The van der Waals surface area contributed by atoms with Gasteiger partial charge >= 0.3 is 0 Å². The van der Waals surface area contributed by atoms with Gasteiger partial charge in [-0.2, -0.15) is 0 Å². The van der Waals surface area contributed by atoms with Crippen LogP contribution in [-0.2, 0) is 9.53 Å². The maximum Gasteiger partial charge on any atom is 0.125 e. The molecule has 1 unspecified atom stereocenters. The van der Waals surface area contributed by atoms with Gasteiger partial charge in [-0.15, -0.1) is 0 Å². The largest absolute Gasteiger partial charge is 0.375 e. The molecule has 1 aliphatic heterocycles. The third-order valence-corrected chi connectivity index (χ3v) is 1.63. The molecule has 1 fully saturated rings. The Bertz CT molecular complexity index is 118. The number of aldehydes is 1. The molecule has 0 saturated carbocycles. The van der Waals surface area contributed by atoms with Crippen LogP contribution < -0.4 is 0 Å². The lowest BCUT2D eigenvalue weighted by Crippen LogP contribution is -2.16. The van der Waals surface area contributed by atoms with E-state index in [0.717, 1.165) is 12.7 Å². The van der Waals surface area contributed by atoms with Gasteiger partial charge in [0.25, 0.3) is 0 Å². The van der Waals surface area contributed by atoms with Crippen molar-refractivity contribution in [1.82, 2.24) is 0 Å². The molecular weight excluding hydrogens is 116 g/mol. The van der Waals surface area contributed by atoms with E-state index in [4.69, 9.17) is 4.74 Å². The fourth-order valence-corrected chi connectivity index (χ4v) is 1.17. The van der Waals surface area contributed by atoms with Crippen molar-refractivity contribution >= 4 is 6.29 Å². The number of carbonyl (C=O) groups is 1. The van der Waals surface area contributed by atoms with Crippen molar-refractivity contribution in [3.63, 3.8) is 0 Å². The SMILES string of the molecule is CC1(C)CC(C=O)CO1. The topological polar surface area (TPSA) is 26.3 Å². The van der Waals surface area contributed by atoms with Gasteiger partial charge < -0.3 is 9.53 Å². The van der Waals surface area contributed by atoms with Crippen LogP contribution in [0.1, 0.15) is 20.3 Å². The molecular formula is C7H12O2. The summed E-state index contributed by atoms with van der Waals surface area (Å²) in [5, 5.41) is 0. The normalized spacial score (nSPS) is 32.4. The first-order chi connectivity index (χ1) is 4.14. The molecule has 0 aliphatic carbocycles. The summed E-state index contributed by atoms with van der Waals surface area (Å²) in [5.41, 5.74) is -0.0639. The van der Waals surface area contributed by atoms with Gasteiger partial charge in [-0.25, -0.2) is 0 Å². The molecule has 52 valence electrons. The predicted octanol–water partition coefficient (Wildman–Crippen LogP) is 1.00. The van der Waals surface area contributed by atoms with E-state index >= 15 is 0 Å². The summed E-state index contributed by atoms with van der Waals surface area (Å²) in [6.45, 7) is 4.63. The third kappa shape index (κ3) is 1.52. The molecule has 1 atom stereocenters. The van der Waals surface area contributed by atoms with Gasteiger partial charge in [0.2, 0.25) is 0 Å². The highest BCUT2D eigenvalue weighted by molar-refractivity contribution is 5.54. The van der Waals surface area contributed by atoms with E-state index in [1.54, 1.807) is 0 Å². The third-order valence-electron chi connectivity index (χ3n) is 1.63. The van der Waals surface area contributed by atoms with E-state index in [0.29, 0.717) is 6.61 Å². The Morgan fingerprint density at radius 3 is 2.56 bits per heavy atom. The van der Waals surface area contributed by atoms with Gasteiger partial charge in [-0.05, 0) is 20.3 Å². The lowest BCUT2D eigenvalue weighted by Gasteiger charge is -2.14. The highest BCUT2D eigenvalue weighted by Gasteiger charge is 2.31. The van der Waals surface area contributed by atoms with Crippen molar-refractivity contribution in [3.8, 4) is 0 Å². The smallest absolute Gasteiger partial charge is 0.125 e. The number of carbonyl (C=O) groups excluding carboxylic acids is 1. The summed E-state index contributed by atoms with van der Waals surface area (Å²) < 4.78 is 5.31. The van der Waals surface area contributed by atoms with Crippen molar-refractivity contribution in [2.45, 2.75) is 25.9 Å². The maximum atomic E-state index is 10.2. The van der Waals surface area contributed by atoms with E-state index in [2.05, 4.69) is 0 Å². The van der Waals surface area contributed by atoms with Crippen molar-refractivity contribution in [2.24, 2.45) is 5.92 Å². The molecule has 0 N–H and O–H groups in total. The zero-order valence-corrected chi connectivity index (χ0v) is 5.89. The van der Waals surface area contributed by atoms with Gasteiger partial charge in [0.1, 0.15) is 6.29 Å². The Balaban J connectivity index is 2.47. The molecule has 2 nitrogen and oxygen atoms in total. The maximum absolute atomic E-state index is 10.2. The zero-order valence-electron chi connectivity index (χ0n) is 5.89. The first-order valence-electron chi connectivity index (χ1n) is 3.23. The lowest BCUT2D eigenvalue weighted by molar-refractivity contribution is -0.111. The number of hydrogen-bond donors (Lipinski definition) is 0. The van der Waals surface area contributed by atoms with Crippen LogP contribution in [0.3, 0.4) is 0 Å². The Hall–Kier alpha value is -0.370. The molecule has 0 bridgehead atoms. The number of ether oxygens (including phenoxy) is 1. The standard InChI is InChI=1S/C7H12O2/c1-7(2)3-6(4-8)5-9-7/h4,6H,3,5H2,1-2H3. The van der Waals surface area contributed by atoms with E-state index in [9.17, 15) is 4.79 Å². The van der Waals surface area contributed by atoms with Crippen LogP contribution in [0.15, 0.2) is 0 Å². The molecule has 1 rings (SSSR count). The van der Waals surface area contributed by atoms with E-state index in [1.807, 2.05) is 13.8 Å². The Labute approximate surface area is 55.2 Å². The summed E-state index contributed by atoms with van der Waals surface area (Å²) in [7, 11) is 0. The zero-order chi connectivity index (χ0) is 6.91. The molecule has 0 aromatic rings.